The second-order valence-electron chi connectivity index (χ2n) is 35.1. The molecule has 12 aliphatic rings. The molecular formula is C98H104F2N22O4. The van der Waals surface area contributed by atoms with Crippen molar-refractivity contribution in [3.05, 3.63) is 275 Å². The maximum Gasteiger partial charge on any atom is 0.273 e. The van der Waals surface area contributed by atoms with Crippen molar-refractivity contribution in [1.29, 1.82) is 0 Å². The van der Waals surface area contributed by atoms with Crippen molar-refractivity contribution in [3.63, 3.8) is 0 Å². The normalized spacial score (nSPS) is 22.2. The largest absolute Gasteiger partial charge is 0.365 e. The average molecular weight is 1690 g/mol. The van der Waals surface area contributed by atoms with Crippen LogP contribution < -0.4 is 21.3 Å². The zero-order valence-electron chi connectivity index (χ0n) is 72.2. The number of rotatable bonds is 16. The van der Waals surface area contributed by atoms with Crippen LogP contribution in [-0.4, -0.2) is 188 Å². The Bertz CT molecular complexity index is 5610. The number of pyridine rings is 10. The molecule has 26 nitrogen and oxygen atoms in total. The number of piperidine rings is 8. The minimum absolute atomic E-state index is 0.00119. The number of fused-ring (bicyclic) bond motifs is 12. The Morgan fingerprint density at radius 1 is 0.333 bits per heavy atom. The molecule has 12 fully saturated rings. The molecule has 8 bridgehead atoms. The average Bonchev–Trinajstić information content (AvgIpc) is 0.776. The van der Waals surface area contributed by atoms with Gasteiger partial charge in [-0.15, -0.1) is 0 Å². The van der Waals surface area contributed by atoms with Gasteiger partial charge in [-0.05, 0) is 274 Å². The summed E-state index contributed by atoms with van der Waals surface area (Å²) in [5.41, 5.74) is 13.9. The van der Waals surface area contributed by atoms with Gasteiger partial charge in [-0.25, -0.2) is 48.7 Å². The topological polar surface area (TPSA) is 310 Å². The summed E-state index contributed by atoms with van der Waals surface area (Å²) >= 11 is 0. The standard InChI is InChI=1S/2C25H27N5O.2C24H25FN6O/c1-16-6-11-23(27-14-16)29-21-13-18-8-10-22(21)30(15-18)25(31)19-9-7-17(2)28-24(19)20-5-3-4-12-26-20;1-16-6-9-23(27-13-16)29-21-12-18-7-8-22(21)30(15-18)25(31)24-19(11-17(2)14-28-24)20-5-3-4-10-26-20;1-14-3-6-21(26-9-14)30-19-8-16-4-5-20(19)31(13-16)24(32)18-7-15(2)10-27-22(18)23-28-11-17(25)12-29-23;1-14-3-6-20(27-10-14)30-18-9-16-4-5-19(18)31(13-16)24(32)22-21(15(2)7-8-26-22)23-28-11-17(25)12-29-23/h3-7,9,11-12,14,18,21-22H,8,10,13,15H2,1-2H3,(H,27,29);3-6,9-11,13-14,18,21-22H,7-8,12,15H2,1-2H3,(H,27,29);3,6-7,9-12,16,19-20H,4-5,8,13H2,1-2H3,(H,26,30);3,6-8,10-12,16,18-19H,4-5,9,13H2,1-2H3,(H,27,30). The van der Waals surface area contributed by atoms with E-state index in [0.717, 1.165) is 193 Å². The van der Waals surface area contributed by atoms with Gasteiger partial charge < -0.3 is 40.9 Å². The molecule has 12 aromatic rings. The maximum atomic E-state index is 13.8. The lowest BCUT2D eigenvalue weighted by molar-refractivity contribution is 0.0273. The number of aryl methyl sites for hydroxylation is 8. The first kappa shape index (κ1) is 84.8. The van der Waals surface area contributed by atoms with E-state index in [1.807, 2.05) is 198 Å². The van der Waals surface area contributed by atoms with E-state index >= 15 is 0 Å². The van der Waals surface area contributed by atoms with Gasteiger partial charge in [-0.1, -0.05) is 36.4 Å². The number of anilines is 4. The lowest BCUT2D eigenvalue weighted by Gasteiger charge is -2.50. The van der Waals surface area contributed by atoms with Gasteiger partial charge in [0.05, 0.1) is 77.0 Å². The third kappa shape index (κ3) is 19.1. The van der Waals surface area contributed by atoms with Crippen molar-refractivity contribution in [2.45, 2.75) is 181 Å². The maximum absolute atomic E-state index is 13.8. The lowest BCUT2D eigenvalue weighted by atomic mass is 9.76. The lowest BCUT2D eigenvalue weighted by Crippen LogP contribution is -2.60. The molecule has 0 spiro atoms. The molecule has 28 heteroatoms. The molecular weight excluding hydrogens is 1590 g/mol. The van der Waals surface area contributed by atoms with E-state index in [1.165, 1.54) is 12.8 Å². The van der Waals surface area contributed by atoms with Crippen LogP contribution in [0.1, 0.15) is 163 Å². The van der Waals surface area contributed by atoms with E-state index < -0.39 is 11.6 Å². The fourth-order valence-corrected chi connectivity index (χ4v) is 19.6. The van der Waals surface area contributed by atoms with Crippen LogP contribution in [0.3, 0.4) is 0 Å². The van der Waals surface area contributed by atoms with Crippen molar-refractivity contribution in [1.82, 2.24) is 89.4 Å². The van der Waals surface area contributed by atoms with Gasteiger partial charge in [-0.2, -0.15) is 0 Å². The Balaban J connectivity index is 0.000000119. The van der Waals surface area contributed by atoms with Crippen molar-refractivity contribution in [2.75, 3.05) is 47.4 Å². The van der Waals surface area contributed by atoms with Gasteiger partial charge in [0.2, 0.25) is 0 Å². The van der Waals surface area contributed by atoms with Crippen LogP contribution in [0.4, 0.5) is 32.1 Å². The summed E-state index contributed by atoms with van der Waals surface area (Å²) in [7, 11) is 0. The van der Waals surface area contributed by atoms with Crippen LogP contribution in [0, 0.1) is 90.7 Å². The smallest absolute Gasteiger partial charge is 0.273 e. The molecule has 0 radical (unpaired) electrons. The Morgan fingerprint density at radius 3 is 1.15 bits per heavy atom. The molecule has 12 atom stereocenters. The van der Waals surface area contributed by atoms with E-state index in [4.69, 9.17) is 0 Å². The summed E-state index contributed by atoms with van der Waals surface area (Å²) in [4.78, 5) is 124. The predicted octanol–water partition coefficient (Wildman–Crippen LogP) is 16.1. The number of carbonyl (C=O) groups is 4. The van der Waals surface area contributed by atoms with E-state index in [0.29, 0.717) is 75.5 Å². The van der Waals surface area contributed by atoms with Crippen LogP contribution in [0.5, 0.6) is 0 Å². The zero-order valence-corrected chi connectivity index (χ0v) is 72.2. The molecule has 12 aromatic heterocycles. The van der Waals surface area contributed by atoms with Crippen LogP contribution in [-0.2, 0) is 0 Å². The molecule has 4 aliphatic carbocycles. The fraction of sp³-hybridized carbons (Fsp3) is 0.367. The molecule has 8 saturated heterocycles. The number of halogens is 2. The highest BCUT2D eigenvalue weighted by atomic mass is 19.1. The molecule has 4 saturated carbocycles. The van der Waals surface area contributed by atoms with Crippen LogP contribution in [0.2, 0.25) is 0 Å². The van der Waals surface area contributed by atoms with E-state index in [1.54, 1.807) is 31.0 Å². The van der Waals surface area contributed by atoms with Gasteiger partial charge in [-0.3, -0.25) is 49.1 Å². The minimum Gasteiger partial charge on any atom is -0.365 e. The van der Waals surface area contributed by atoms with Crippen molar-refractivity contribution in [3.8, 4) is 45.6 Å². The number of nitrogens with one attached hydrogen (secondary N) is 4. The summed E-state index contributed by atoms with van der Waals surface area (Å²) in [5.74, 6) is 4.63. The van der Waals surface area contributed by atoms with E-state index in [2.05, 4.69) is 108 Å². The Labute approximate surface area is 732 Å². The molecule has 8 aliphatic heterocycles. The summed E-state index contributed by atoms with van der Waals surface area (Å²) in [6.07, 6.45) is 33.1. The molecule has 126 heavy (non-hydrogen) atoms. The van der Waals surface area contributed by atoms with Crippen LogP contribution in [0.25, 0.3) is 45.6 Å². The third-order valence-electron chi connectivity index (χ3n) is 25.8. The quantitative estimate of drug-likeness (QED) is 0.0698. The fourth-order valence-electron chi connectivity index (χ4n) is 19.6. The number of hydrogen-bond acceptors (Lipinski definition) is 22. The van der Waals surface area contributed by atoms with Gasteiger partial charge in [0.25, 0.3) is 23.6 Å². The molecule has 20 heterocycles. The molecule has 24 rings (SSSR count). The molecule has 4 amide bonds. The number of hydrogen-bond donors (Lipinski definition) is 4. The van der Waals surface area contributed by atoms with Crippen LogP contribution in [0.15, 0.2) is 196 Å². The second kappa shape index (κ2) is 37.6. The monoisotopic (exact) mass is 1690 g/mol. The molecule has 644 valence electrons. The van der Waals surface area contributed by atoms with E-state index in [9.17, 15) is 28.0 Å². The summed E-state index contributed by atoms with van der Waals surface area (Å²) in [5, 5.41) is 14.3. The minimum atomic E-state index is -0.527. The van der Waals surface area contributed by atoms with E-state index in [-0.39, 0.29) is 77.8 Å². The zero-order chi connectivity index (χ0) is 87.2. The first-order chi connectivity index (χ1) is 61.1. The highest BCUT2D eigenvalue weighted by Crippen LogP contribution is 2.44. The molecule has 0 aromatic carbocycles. The van der Waals surface area contributed by atoms with Crippen molar-refractivity contribution >= 4 is 46.9 Å². The number of carbonyl (C=O) groups excluding carboxylic acids is 4. The number of nitrogens with zero attached hydrogens (tertiary/aromatic N) is 18. The van der Waals surface area contributed by atoms with Crippen molar-refractivity contribution < 1.29 is 28.0 Å². The molecule has 12 unspecified atom stereocenters. The first-order valence-electron chi connectivity index (χ1n) is 43.8. The second-order valence-corrected chi connectivity index (χ2v) is 35.1. The number of amides is 4. The predicted molar refractivity (Wildman–Crippen MR) is 479 cm³/mol. The van der Waals surface area contributed by atoms with Gasteiger partial charge in [0, 0.05) is 117 Å². The highest BCUT2D eigenvalue weighted by Gasteiger charge is 2.49. The Hall–Kier alpha value is -13.4. The first-order valence-corrected chi connectivity index (χ1v) is 43.8. The summed E-state index contributed by atoms with van der Waals surface area (Å²) < 4.78 is 26.7. The highest BCUT2D eigenvalue weighted by molar-refractivity contribution is 6.02. The Kier molecular flexibility index (Phi) is 25.3. The number of aromatic nitrogens is 14. The summed E-state index contributed by atoms with van der Waals surface area (Å²) in [6.45, 7) is 18.8. The summed E-state index contributed by atoms with van der Waals surface area (Å²) in [6, 6.07) is 38.2. The Morgan fingerprint density at radius 2 is 0.730 bits per heavy atom. The van der Waals surface area contributed by atoms with Gasteiger partial charge in [0.15, 0.2) is 23.3 Å². The van der Waals surface area contributed by atoms with Gasteiger partial charge in [0.1, 0.15) is 46.0 Å². The third-order valence-corrected chi connectivity index (χ3v) is 25.8. The van der Waals surface area contributed by atoms with Crippen LogP contribution >= 0.6 is 0 Å². The SMILES string of the molecule is Cc1ccc(NC2CC3CCC2N(C(=O)c2cc(C)cnc2-c2ncc(F)cn2)C3)nc1.Cc1ccc(NC2CC3CCC2N(C(=O)c2ccc(C)nc2-c2ccccn2)C3)nc1.Cc1ccc(NC2CC3CCC2N(C(=O)c2ncc(C)cc2-c2ccccn2)C3)nc1.Cc1ccc(NC2CC3CCC2N(C(=O)c2nccc(C)c2-c2ncc(F)cn2)C3)nc1. The van der Waals surface area contributed by atoms with Crippen molar-refractivity contribution in [2.24, 2.45) is 23.7 Å². The van der Waals surface area contributed by atoms with Gasteiger partial charge >= 0.3 is 0 Å². The molecule has 4 N–H and O–H groups in total.